The number of nitrogens with zero attached hydrogens (tertiary/aromatic N) is 1. The summed E-state index contributed by atoms with van der Waals surface area (Å²) in [5.41, 5.74) is -1.23. The summed E-state index contributed by atoms with van der Waals surface area (Å²) in [5.74, 6) is -0.541. The minimum absolute atomic E-state index is 0.185. The van der Waals surface area contributed by atoms with Crippen LogP contribution in [0.2, 0.25) is 0 Å². The van der Waals surface area contributed by atoms with Crippen molar-refractivity contribution in [2.75, 3.05) is 0 Å². The van der Waals surface area contributed by atoms with Gasteiger partial charge >= 0.3 is 0 Å². The fraction of sp³-hybridized carbons (Fsp3) is 0.222. The van der Waals surface area contributed by atoms with Crippen LogP contribution in [-0.4, -0.2) is 10.7 Å². The van der Waals surface area contributed by atoms with Gasteiger partial charge in [-0.3, -0.25) is 14.9 Å². The van der Waals surface area contributed by atoms with Gasteiger partial charge in [0.2, 0.25) is 0 Å². The number of Topliss-reactive ketones (excluding diaryl/α,β-unsaturated/α-hetero) is 1. The van der Waals surface area contributed by atoms with Crippen molar-refractivity contribution in [1.29, 1.82) is 0 Å². The highest BCUT2D eigenvalue weighted by Crippen LogP contribution is 2.27. The van der Waals surface area contributed by atoms with Crippen LogP contribution in [0.5, 0.6) is 0 Å². The summed E-state index contributed by atoms with van der Waals surface area (Å²) in [6.07, 6.45) is -2.90. The van der Waals surface area contributed by atoms with Gasteiger partial charge in [-0.15, -0.1) is 0 Å². The monoisotopic (exact) mass is 215 g/mol. The molecule has 0 radical (unpaired) electrons. The number of ketones is 1. The molecule has 0 amide bonds. The zero-order chi connectivity index (χ0) is 11.6. The van der Waals surface area contributed by atoms with Crippen LogP contribution in [-0.2, 0) is 0 Å². The van der Waals surface area contributed by atoms with Crippen LogP contribution in [0.25, 0.3) is 0 Å². The van der Waals surface area contributed by atoms with Gasteiger partial charge in [-0.1, -0.05) is 0 Å². The molecule has 80 valence electrons. The average molecular weight is 215 g/mol. The highest BCUT2D eigenvalue weighted by atomic mass is 19.3. The molecule has 1 aromatic rings. The lowest BCUT2D eigenvalue weighted by Crippen LogP contribution is -2.01. The second kappa shape index (κ2) is 4.12. The van der Waals surface area contributed by atoms with Gasteiger partial charge in [0.1, 0.15) is 0 Å². The van der Waals surface area contributed by atoms with Crippen LogP contribution >= 0.6 is 0 Å². The molecule has 0 spiro atoms. The number of halogens is 2. The van der Waals surface area contributed by atoms with Crippen LogP contribution in [0.4, 0.5) is 14.5 Å². The topological polar surface area (TPSA) is 60.2 Å². The van der Waals surface area contributed by atoms with Gasteiger partial charge in [-0.25, -0.2) is 8.78 Å². The fourth-order valence-corrected chi connectivity index (χ4v) is 1.16. The number of nitro groups is 1. The van der Waals surface area contributed by atoms with Crippen LogP contribution in [0.1, 0.15) is 29.3 Å². The van der Waals surface area contributed by atoms with Crippen molar-refractivity contribution in [3.63, 3.8) is 0 Å². The molecular weight excluding hydrogens is 208 g/mol. The lowest BCUT2D eigenvalue weighted by Gasteiger charge is -2.04. The van der Waals surface area contributed by atoms with Crippen molar-refractivity contribution in [2.45, 2.75) is 13.3 Å². The molecule has 1 aromatic carbocycles. The lowest BCUT2D eigenvalue weighted by atomic mass is 10.0. The summed E-state index contributed by atoms with van der Waals surface area (Å²) in [5, 5.41) is 10.3. The highest BCUT2D eigenvalue weighted by Gasteiger charge is 2.19. The van der Waals surface area contributed by atoms with Crippen molar-refractivity contribution in [3.05, 3.63) is 39.4 Å². The normalized spacial score (nSPS) is 10.4. The minimum Gasteiger partial charge on any atom is -0.294 e. The summed E-state index contributed by atoms with van der Waals surface area (Å²) >= 11 is 0. The van der Waals surface area contributed by atoms with E-state index in [-0.39, 0.29) is 5.56 Å². The predicted molar refractivity (Wildman–Crippen MR) is 48.1 cm³/mol. The van der Waals surface area contributed by atoms with E-state index in [2.05, 4.69) is 0 Å². The Bertz CT molecular complexity index is 418. The number of hydrogen-bond acceptors (Lipinski definition) is 3. The Labute approximate surface area is 83.7 Å². The first-order chi connectivity index (χ1) is 6.93. The number of nitro benzene ring substituents is 1. The Morgan fingerprint density at radius 1 is 1.47 bits per heavy atom. The first-order valence-electron chi connectivity index (χ1n) is 4.01. The van der Waals surface area contributed by atoms with E-state index in [9.17, 15) is 23.7 Å². The first-order valence-corrected chi connectivity index (χ1v) is 4.01. The van der Waals surface area contributed by atoms with E-state index >= 15 is 0 Å². The van der Waals surface area contributed by atoms with Crippen LogP contribution in [0.3, 0.4) is 0 Å². The third-order valence-corrected chi connectivity index (χ3v) is 1.86. The molecule has 0 heterocycles. The van der Waals surface area contributed by atoms with E-state index < -0.39 is 28.4 Å². The van der Waals surface area contributed by atoms with E-state index in [4.69, 9.17) is 0 Å². The van der Waals surface area contributed by atoms with E-state index in [0.717, 1.165) is 25.1 Å². The maximum absolute atomic E-state index is 12.5. The maximum Gasteiger partial charge on any atom is 0.269 e. The molecule has 0 fully saturated rings. The molecule has 6 heteroatoms. The van der Waals surface area contributed by atoms with Crippen LogP contribution in [0.15, 0.2) is 18.2 Å². The molecule has 15 heavy (non-hydrogen) atoms. The third kappa shape index (κ3) is 2.34. The summed E-state index contributed by atoms with van der Waals surface area (Å²) in [6, 6.07) is 2.80. The van der Waals surface area contributed by atoms with E-state index in [1.807, 2.05) is 0 Å². The van der Waals surface area contributed by atoms with Gasteiger partial charge in [0.05, 0.1) is 4.92 Å². The van der Waals surface area contributed by atoms with E-state index in [1.165, 1.54) is 0 Å². The molecule has 0 atom stereocenters. The highest BCUT2D eigenvalue weighted by molar-refractivity contribution is 5.95. The number of carbonyl (C=O) groups excluding carboxylic acids is 1. The number of hydrogen-bond donors (Lipinski definition) is 0. The third-order valence-electron chi connectivity index (χ3n) is 1.86. The minimum atomic E-state index is -2.90. The molecule has 0 saturated carbocycles. The number of non-ortho nitro benzene ring substituents is 1. The maximum atomic E-state index is 12.5. The molecule has 4 nitrogen and oxygen atoms in total. The van der Waals surface area contributed by atoms with Gasteiger partial charge < -0.3 is 0 Å². The number of benzene rings is 1. The van der Waals surface area contributed by atoms with Gasteiger partial charge in [0, 0.05) is 23.3 Å². The summed E-state index contributed by atoms with van der Waals surface area (Å²) in [6.45, 7) is 1.13. The first kappa shape index (κ1) is 11.2. The molecule has 0 unspecified atom stereocenters. The molecule has 0 aliphatic rings. The summed E-state index contributed by atoms with van der Waals surface area (Å²) in [7, 11) is 0. The molecule has 0 N–H and O–H groups in total. The Morgan fingerprint density at radius 2 is 2.07 bits per heavy atom. The lowest BCUT2D eigenvalue weighted by molar-refractivity contribution is -0.385. The van der Waals surface area contributed by atoms with Gasteiger partial charge in [0.25, 0.3) is 12.1 Å². The van der Waals surface area contributed by atoms with Crippen LogP contribution < -0.4 is 0 Å². The number of alkyl halides is 2. The molecule has 1 rings (SSSR count). The predicted octanol–water partition coefficient (Wildman–Crippen LogP) is 2.74. The number of rotatable bonds is 3. The van der Waals surface area contributed by atoms with Crippen molar-refractivity contribution < 1.29 is 18.5 Å². The van der Waals surface area contributed by atoms with Crippen molar-refractivity contribution in [1.82, 2.24) is 0 Å². The standard InChI is InChI=1S/C9H7F2NO3/c1-5(13)7-3-2-6(12(14)15)4-8(7)9(10)11/h2-4,9H,1H3. The smallest absolute Gasteiger partial charge is 0.269 e. The Balaban J connectivity index is 3.33. The molecule has 0 bridgehead atoms. The average Bonchev–Trinajstić information content (AvgIpc) is 2.16. The zero-order valence-corrected chi connectivity index (χ0v) is 7.74. The quantitative estimate of drug-likeness (QED) is 0.442. The van der Waals surface area contributed by atoms with Crippen LogP contribution in [0, 0.1) is 10.1 Å². The molecule has 0 aliphatic carbocycles. The fourth-order valence-electron chi connectivity index (χ4n) is 1.16. The van der Waals surface area contributed by atoms with Crippen molar-refractivity contribution in [2.24, 2.45) is 0 Å². The summed E-state index contributed by atoms with van der Waals surface area (Å²) < 4.78 is 24.9. The van der Waals surface area contributed by atoms with E-state index in [0.29, 0.717) is 0 Å². The van der Waals surface area contributed by atoms with Gasteiger partial charge in [-0.05, 0) is 13.0 Å². The largest absolute Gasteiger partial charge is 0.294 e. The second-order valence-corrected chi connectivity index (χ2v) is 2.89. The van der Waals surface area contributed by atoms with Gasteiger partial charge in [-0.2, -0.15) is 0 Å². The molecular formula is C9H7F2NO3. The van der Waals surface area contributed by atoms with Gasteiger partial charge in [0.15, 0.2) is 5.78 Å². The second-order valence-electron chi connectivity index (χ2n) is 2.89. The Hall–Kier alpha value is -1.85. The molecule has 0 saturated heterocycles. The molecule has 0 aromatic heterocycles. The van der Waals surface area contributed by atoms with Crippen molar-refractivity contribution >= 4 is 11.5 Å². The zero-order valence-electron chi connectivity index (χ0n) is 7.74. The summed E-state index contributed by atoms with van der Waals surface area (Å²) in [4.78, 5) is 20.5. The van der Waals surface area contributed by atoms with Crippen molar-refractivity contribution in [3.8, 4) is 0 Å². The molecule has 0 aliphatic heterocycles. The number of carbonyl (C=O) groups is 1. The SMILES string of the molecule is CC(=O)c1ccc([N+](=O)[O-])cc1C(F)F. The Morgan fingerprint density at radius 3 is 2.47 bits per heavy atom. The van der Waals surface area contributed by atoms with E-state index in [1.54, 1.807) is 0 Å². The Kier molecular flexibility index (Phi) is 3.08.